The first-order valence-electron chi connectivity index (χ1n) is 9.05. The van der Waals surface area contributed by atoms with Gasteiger partial charge in [0, 0.05) is 23.5 Å². The van der Waals surface area contributed by atoms with E-state index in [1.54, 1.807) is 19.5 Å². The fourth-order valence-electron chi connectivity index (χ4n) is 3.51. The standard InChI is InChI=1S/C21H19N5O3/c1-3-28-19-13(5-4-6-15(19)27-2)16-14(11-22)20(23)29-21-17(16)18(25-26-21)12-7-9-24-10-8-12/h4-10,16H,3,23H2,1-2H3,(H,25,26). The van der Waals surface area contributed by atoms with Crippen molar-refractivity contribution >= 4 is 0 Å². The maximum atomic E-state index is 9.88. The molecule has 1 aliphatic heterocycles. The van der Waals surface area contributed by atoms with Gasteiger partial charge in [-0.25, -0.2) is 0 Å². The second-order valence-corrected chi connectivity index (χ2v) is 6.29. The smallest absolute Gasteiger partial charge is 0.244 e. The van der Waals surface area contributed by atoms with Crippen molar-refractivity contribution in [2.75, 3.05) is 13.7 Å². The van der Waals surface area contributed by atoms with Crippen LogP contribution in [0.25, 0.3) is 11.3 Å². The largest absolute Gasteiger partial charge is 0.493 e. The molecular formula is C21H19N5O3. The number of pyridine rings is 1. The average Bonchev–Trinajstić information content (AvgIpc) is 3.17. The van der Waals surface area contributed by atoms with Gasteiger partial charge >= 0.3 is 0 Å². The van der Waals surface area contributed by atoms with Crippen LogP contribution in [0.5, 0.6) is 17.4 Å². The van der Waals surface area contributed by atoms with Crippen molar-refractivity contribution in [1.29, 1.82) is 5.26 Å². The summed E-state index contributed by atoms with van der Waals surface area (Å²) in [4.78, 5) is 4.07. The van der Waals surface area contributed by atoms with E-state index in [0.29, 0.717) is 29.5 Å². The molecule has 4 rings (SSSR count). The number of nitriles is 1. The molecule has 146 valence electrons. The van der Waals surface area contributed by atoms with Gasteiger partial charge in [0.05, 0.1) is 30.9 Å². The molecule has 8 nitrogen and oxygen atoms in total. The van der Waals surface area contributed by atoms with E-state index in [9.17, 15) is 5.26 Å². The number of methoxy groups -OCH3 is 1. The Labute approximate surface area is 167 Å². The van der Waals surface area contributed by atoms with Gasteiger partial charge in [-0.15, -0.1) is 5.10 Å². The van der Waals surface area contributed by atoms with Crippen molar-refractivity contribution < 1.29 is 14.2 Å². The molecule has 1 aromatic carbocycles. The number of ether oxygens (including phenoxy) is 3. The van der Waals surface area contributed by atoms with E-state index in [0.717, 1.165) is 16.8 Å². The number of allylic oxidation sites excluding steroid dienone is 1. The molecule has 3 aromatic rings. The van der Waals surface area contributed by atoms with Crippen molar-refractivity contribution in [2.24, 2.45) is 5.73 Å². The molecule has 2 aromatic heterocycles. The lowest BCUT2D eigenvalue weighted by Crippen LogP contribution is -2.21. The summed E-state index contributed by atoms with van der Waals surface area (Å²) in [7, 11) is 1.58. The topological polar surface area (TPSA) is 119 Å². The Bertz CT molecular complexity index is 1120. The highest BCUT2D eigenvalue weighted by atomic mass is 16.5. The van der Waals surface area contributed by atoms with E-state index in [-0.39, 0.29) is 11.5 Å². The van der Waals surface area contributed by atoms with Crippen LogP contribution in [0.15, 0.2) is 54.2 Å². The minimum atomic E-state index is -0.540. The molecule has 0 saturated carbocycles. The van der Waals surface area contributed by atoms with Crippen LogP contribution in [-0.2, 0) is 0 Å². The Hall–Kier alpha value is -3.99. The van der Waals surface area contributed by atoms with E-state index in [1.165, 1.54) is 0 Å². The number of aromatic amines is 1. The van der Waals surface area contributed by atoms with Crippen molar-refractivity contribution in [3.05, 3.63) is 65.3 Å². The highest BCUT2D eigenvalue weighted by molar-refractivity contribution is 5.71. The Balaban J connectivity index is 1.99. The molecular weight excluding hydrogens is 370 g/mol. The van der Waals surface area contributed by atoms with Gasteiger partial charge in [0.25, 0.3) is 0 Å². The van der Waals surface area contributed by atoms with Crippen molar-refractivity contribution in [3.8, 4) is 34.7 Å². The van der Waals surface area contributed by atoms with E-state index in [2.05, 4.69) is 21.3 Å². The summed E-state index contributed by atoms with van der Waals surface area (Å²) in [5, 5.41) is 17.2. The first-order chi connectivity index (χ1) is 14.2. The molecule has 3 heterocycles. The summed E-state index contributed by atoms with van der Waals surface area (Å²) in [6.45, 7) is 2.33. The first kappa shape index (κ1) is 18.4. The minimum Gasteiger partial charge on any atom is -0.493 e. The maximum Gasteiger partial charge on any atom is 0.244 e. The molecule has 0 radical (unpaired) electrons. The number of H-pyrrole nitrogens is 1. The Morgan fingerprint density at radius 3 is 2.76 bits per heavy atom. The first-order valence-corrected chi connectivity index (χ1v) is 9.05. The van der Waals surface area contributed by atoms with Gasteiger partial charge in [-0.2, -0.15) is 5.26 Å². The Morgan fingerprint density at radius 1 is 1.28 bits per heavy atom. The molecule has 1 unspecified atom stereocenters. The van der Waals surface area contributed by atoms with Crippen molar-refractivity contribution in [3.63, 3.8) is 0 Å². The highest BCUT2D eigenvalue weighted by Crippen LogP contribution is 2.49. The zero-order chi connectivity index (χ0) is 20.4. The fraction of sp³-hybridized carbons (Fsp3) is 0.190. The van der Waals surface area contributed by atoms with Crippen molar-refractivity contribution in [2.45, 2.75) is 12.8 Å². The lowest BCUT2D eigenvalue weighted by Gasteiger charge is -2.26. The van der Waals surface area contributed by atoms with Gasteiger partial charge in [-0.3, -0.25) is 10.1 Å². The number of nitrogens with zero attached hydrogens (tertiary/aromatic N) is 3. The van der Waals surface area contributed by atoms with E-state index >= 15 is 0 Å². The number of aromatic nitrogens is 3. The summed E-state index contributed by atoms with van der Waals surface area (Å²) >= 11 is 0. The molecule has 0 bridgehead atoms. The van der Waals surface area contributed by atoms with E-state index < -0.39 is 5.92 Å². The van der Waals surface area contributed by atoms with Crippen LogP contribution in [0.3, 0.4) is 0 Å². The summed E-state index contributed by atoms with van der Waals surface area (Å²) in [6, 6.07) is 11.5. The van der Waals surface area contributed by atoms with Gasteiger partial charge in [0.15, 0.2) is 11.5 Å². The zero-order valence-corrected chi connectivity index (χ0v) is 16.0. The summed E-state index contributed by atoms with van der Waals surface area (Å²) < 4.78 is 17.0. The quantitative estimate of drug-likeness (QED) is 0.688. The average molecular weight is 389 g/mol. The second-order valence-electron chi connectivity index (χ2n) is 6.29. The fourth-order valence-corrected chi connectivity index (χ4v) is 3.51. The Kier molecular flexibility index (Phi) is 4.79. The van der Waals surface area contributed by atoms with Gasteiger partial charge < -0.3 is 19.9 Å². The summed E-state index contributed by atoms with van der Waals surface area (Å²) in [6.07, 6.45) is 3.38. The number of nitrogens with one attached hydrogen (secondary N) is 1. The van der Waals surface area contributed by atoms with Crippen LogP contribution in [0, 0.1) is 11.3 Å². The summed E-state index contributed by atoms with van der Waals surface area (Å²) in [5.41, 5.74) is 9.38. The molecule has 1 aliphatic rings. The number of fused-ring (bicyclic) bond motifs is 1. The SMILES string of the molecule is CCOc1c(OC)cccc1C1C(C#N)=C(N)Oc2n[nH]c(-c3ccncc3)c21. The number of para-hydroxylation sites is 1. The van der Waals surface area contributed by atoms with Crippen LogP contribution in [0.2, 0.25) is 0 Å². The van der Waals surface area contributed by atoms with Gasteiger partial charge in [-0.05, 0) is 25.1 Å². The summed E-state index contributed by atoms with van der Waals surface area (Å²) in [5.74, 6) is 0.925. The van der Waals surface area contributed by atoms with Crippen LogP contribution < -0.4 is 19.9 Å². The molecule has 1 atom stereocenters. The van der Waals surface area contributed by atoms with Crippen molar-refractivity contribution in [1.82, 2.24) is 15.2 Å². The molecule has 0 amide bonds. The van der Waals surface area contributed by atoms with Crippen LogP contribution in [0.1, 0.15) is 24.0 Å². The predicted octanol–water partition coefficient (Wildman–Crippen LogP) is 3.10. The molecule has 3 N–H and O–H groups in total. The number of benzene rings is 1. The van der Waals surface area contributed by atoms with Crippen LogP contribution in [0.4, 0.5) is 0 Å². The molecule has 0 saturated heterocycles. The third-order valence-corrected chi connectivity index (χ3v) is 4.74. The van der Waals surface area contributed by atoms with Crippen LogP contribution >= 0.6 is 0 Å². The van der Waals surface area contributed by atoms with Crippen LogP contribution in [-0.4, -0.2) is 28.9 Å². The number of nitrogens with two attached hydrogens (primary N) is 1. The zero-order valence-electron chi connectivity index (χ0n) is 16.0. The molecule has 0 aliphatic carbocycles. The van der Waals surface area contributed by atoms with Gasteiger partial charge in [0.1, 0.15) is 11.6 Å². The minimum absolute atomic E-state index is 0.0167. The van der Waals surface area contributed by atoms with E-state index in [4.69, 9.17) is 19.9 Å². The monoisotopic (exact) mass is 389 g/mol. The van der Waals surface area contributed by atoms with Gasteiger partial charge in [-0.1, -0.05) is 12.1 Å². The Morgan fingerprint density at radius 2 is 2.07 bits per heavy atom. The number of hydrogen-bond donors (Lipinski definition) is 2. The third-order valence-electron chi connectivity index (χ3n) is 4.74. The number of hydrogen-bond acceptors (Lipinski definition) is 7. The third kappa shape index (κ3) is 3.02. The highest BCUT2D eigenvalue weighted by Gasteiger charge is 2.37. The predicted molar refractivity (Wildman–Crippen MR) is 105 cm³/mol. The lowest BCUT2D eigenvalue weighted by molar-refractivity contribution is 0.306. The molecule has 0 spiro atoms. The number of rotatable bonds is 5. The van der Waals surface area contributed by atoms with E-state index in [1.807, 2.05) is 37.3 Å². The lowest BCUT2D eigenvalue weighted by atomic mass is 9.82. The molecule has 29 heavy (non-hydrogen) atoms. The van der Waals surface area contributed by atoms with Gasteiger partial charge in [0.2, 0.25) is 11.8 Å². The molecule has 8 heteroatoms. The maximum absolute atomic E-state index is 9.88. The second kappa shape index (κ2) is 7.56. The molecule has 0 fully saturated rings. The normalized spacial score (nSPS) is 15.3.